The molecule has 2 aromatic rings. The summed E-state index contributed by atoms with van der Waals surface area (Å²) < 4.78 is 13.8. The average molecular weight is 289 g/mol. The van der Waals surface area contributed by atoms with Crippen molar-refractivity contribution in [3.63, 3.8) is 0 Å². The zero-order valence-electron chi connectivity index (χ0n) is 11.8. The van der Waals surface area contributed by atoms with Gasteiger partial charge in [-0.2, -0.15) is 0 Å². The number of rotatable bonds is 5. The minimum Gasteiger partial charge on any atom is -0.477 e. The van der Waals surface area contributed by atoms with Gasteiger partial charge in [-0.25, -0.2) is 19.2 Å². The van der Waals surface area contributed by atoms with E-state index in [4.69, 9.17) is 5.11 Å². The van der Waals surface area contributed by atoms with Gasteiger partial charge in [-0.1, -0.05) is 26.0 Å². The molecular weight excluding hydrogens is 273 g/mol. The molecule has 0 saturated carbocycles. The summed E-state index contributed by atoms with van der Waals surface area (Å²) in [7, 11) is 0. The van der Waals surface area contributed by atoms with Gasteiger partial charge in [0.2, 0.25) is 0 Å². The average Bonchev–Trinajstić information content (AvgIpc) is 2.45. The summed E-state index contributed by atoms with van der Waals surface area (Å²) in [5.41, 5.74) is 0.00251. The van der Waals surface area contributed by atoms with E-state index in [9.17, 15) is 9.18 Å². The van der Waals surface area contributed by atoms with Gasteiger partial charge in [-0.05, 0) is 18.1 Å². The SMILES string of the molecule is CC(C)CNc1cc(C(=O)O)nc(-c2ccccc2F)n1. The summed E-state index contributed by atoms with van der Waals surface area (Å²) in [5, 5.41) is 12.1. The number of anilines is 1. The van der Waals surface area contributed by atoms with E-state index in [-0.39, 0.29) is 17.1 Å². The fraction of sp³-hybridized carbons (Fsp3) is 0.267. The first-order chi connectivity index (χ1) is 9.97. The van der Waals surface area contributed by atoms with Crippen LogP contribution in [0, 0.1) is 11.7 Å². The van der Waals surface area contributed by atoms with Gasteiger partial charge in [0, 0.05) is 12.6 Å². The van der Waals surface area contributed by atoms with Gasteiger partial charge >= 0.3 is 5.97 Å². The molecule has 5 nitrogen and oxygen atoms in total. The highest BCUT2D eigenvalue weighted by Crippen LogP contribution is 2.21. The fourth-order valence-corrected chi connectivity index (χ4v) is 1.72. The molecule has 1 aromatic heterocycles. The van der Waals surface area contributed by atoms with Gasteiger partial charge in [0.25, 0.3) is 0 Å². The summed E-state index contributed by atoms with van der Waals surface area (Å²) in [4.78, 5) is 19.2. The maximum atomic E-state index is 13.8. The Morgan fingerprint density at radius 3 is 2.67 bits per heavy atom. The van der Waals surface area contributed by atoms with Gasteiger partial charge in [0.1, 0.15) is 11.6 Å². The second kappa shape index (κ2) is 6.30. The number of nitrogens with one attached hydrogen (secondary N) is 1. The molecule has 1 heterocycles. The Kier molecular flexibility index (Phi) is 4.47. The predicted molar refractivity (Wildman–Crippen MR) is 77.7 cm³/mol. The van der Waals surface area contributed by atoms with Crippen molar-refractivity contribution in [2.45, 2.75) is 13.8 Å². The standard InChI is InChI=1S/C15H16FN3O2/c1-9(2)8-17-13-7-12(15(20)21)18-14(19-13)10-5-3-4-6-11(10)16/h3-7,9H,8H2,1-2H3,(H,20,21)(H,17,18,19). The lowest BCUT2D eigenvalue weighted by molar-refractivity contribution is 0.0690. The summed E-state index contributed by atoms with van der Waals surface area (Å²) in [6.07, 6.45) is 0. The maximum Gasteiger partial charge on any atom is 0.354 e. The van der Waals surface area contributed by atoms with Crippen LogP contribution in [0.1, 0.15) is 24.3 Å². The molecule has 0 aliphatic carbocycles. The number of carboxylic acid groups (broad SMARTS) is 1. The number of carboxylic acids is 1. The minimum absolute atomic E-state index is 0.0549. The second-order valence-electron chi connectivity index (χ2n) is 5.02. The summed E-state index contributed by atoms with van der Waals surface area (Å²) >= 11 is 0. The van der Waals surface area contributed by atoms with Crippen LogP contribution in [0.5, 0.6) is 0 Å². The molecule has 0 aliphatic heterocycles. The van der Waals surface area contributed by atoms with Crippen LogP contribution < -0.4 is 5.32 Å². The molecule has 0 bridgehead atoms. The third kappa shape index (κ3) is 3.75. The molecule has 0 aliphatic rings. The minimum atomic E-state index is -1.18. The van der Waals surface area contributed by atoms with E-state index in [1.807, 2.05) is 13.8 Å². The number of benzene rings is 1. The van der Waals surface area contributed by atoms with E-state index >= 15 is 0 Å². The lowest BCUT2D eigenvalue weighted by Crippen LogP contribution is -2.12. The lowest BCUT2D eigenvalue weighted by atomic mass is 10.2. The Hall–Kier alpha value is -2.50. The van der Waals surface area contributed by atoms with Gasteiger partial charge in [0.15, 0.2) is 11.5 Å². The van der Waals surface area contributed by atoms with Crippen LogP contribution in [0.25, 0.3) is 11.4 Å². The van der Waals surface area contributed by atoms with Crippen LogP contribution in [0.15, 0.2) is 30.3 Å². The van der Waals surface area contributed by atoms with Crippen molar-refractivity contribution in [1.29, 1.82) is 0 Å². The summed E-state index contributed by atoms with van der Waals surface area (Å²) in [6, 6.07) is 7.35. The largest absolute Gasteiger partial charge is 0.477 e. The highest BCUT2D eigenvalue weighted by Gasteiger charge is 2.14. The molecule has 110 valence electrons. The van der Waals surface area contributed by atoms with Crippen LogP contribution in [0.2, 0.25) is 0 Å². The molecule has 0 saturated heterocycles. The first-order valence-corrected chi connectivity index (χ1v) is 6.58. The van der Waals surface area contributed by atoms with Crippen molar-refractivity contribution < 1.29 is 14.3 Å². The zero-order chi connectivity index (χ0) is 15.4. The van der Waals surface area contributed by atoms with Crippen molar-refractivity contribution in [3.8, 4) is 11.4 Å². The topological polar surface area (TPSA) is 75.1 Å². The van der Waals surface area contributed by atoms with Gasteiger partial charge in [-0.15, -0.1) is 0 Å². The van der Waals surface area contributed by atoms with Crippen LogP contribution in [0.3, 0.4) is 0 Å². The van der Waals surface area contributed by atoms with Crippen molar-refractivity contribution in [3.05, 3.63) is 41.8 Å². The molecule has 2 N–H and O–H groups in total. The number of carbonyl (C=O) groups is 1. The fourth-order valence-electron chi connectivity index (χ4n) is 1.72. The van der Waals surface area contributed by atoms with E-state index in [1.165, 1.54) is 18.2 Å². The molecule has 2 rings (SSSR count). The Bertz CT molecular complexity index is 659. The van der Waals surface area contributed by atoms with Crippen molar-refractivity contribution in [1.82, 2.24) is 9.97 Å². The quantitative estimate of drug-likeness (QED) is 0.884. The monoisotopic (exact) mass is 289 g/mol. The zero-order valence-corrected chi connectivity index (χ0v) is 11.8. The Balaban J connectivity index is 2.45. The number of halogens is 1. The molecule has 0 spiro atoms. The number of hydrogen-bond acceptors (Lipinski definition) is 4. The van der Waals surface area contributed by atoms with Gasteiger partial charge in [-0.3, -0.25) is 0 Å². The van der Waals surface area contributed by atoms with Crippen molar-refractivity contribution in [2.75, 3.05) is 11.9 Å². The normalized spacial score (nSPS) is 10.7. The van der Waals surface area contributed by atoms with Gasteiger partial charge in [0.05, 0.1) is 5.56 Å². The number of aromatic carboxylic acids is 1. The first kappa shape index (κ1) is 14.9. The Morgan fingerprint density at radius 2 is 2.05 bits per heavy atom. The van der Waals surface area contributed by atoms with E-state index < -0.39 is 11.8 Å². The molecule has 0 radical (unpaired) electrons. The summed E-state index contributed by atoms with van der Waals surface area (Å²) in [6.45, 7) is 4.67. The van der Waals surface area contributed by atoms with Crippen molar-refractivity contribution in [2.24, 2.45) is 5.92 Å². The smallest absolute Gasteiger partial charge is 0.354 e. The van der Waals surface area contributed by atoms with Crippen molar-refractivity contribution >= 4 is 11.8 Å². The number of nitrogens with zero attached hydrogens (tertiary/aromatic N) is 2. The molecule has 21 heavy (non-hydrogen) atoms. The first-order valence-electron chi connectivity index (χ1n) is 6.58. The molecule has 0 atom stereocenters. The highest BCUT2D eigenvalue weighted by atomic mass is 19.1. The molecule has 0 unspecified atom stereocenters. The maximum absolute atomic E-state index is 13.8. The number of aromatic nitrogens is 2. The van der Waals surface area contributed by atoms with E-state index in [0.29, 0.717) is 18.3 Å². The van der Waals surface area contributed by atoms with Gasteiger partial charge < -0.3 is 10.4 Å². The van der Waals surface area contributed by atoms with Crippen LogP contribution in [-0.4, -0.2) is 27.6 Å². The molecule has 0 fully saturated rings. The summed E-state index contributed by atoms with van der Waals surface area (Å²) in [5.74, 6) is -0.879. The third-order valence-corrected chi connectivity index (χ3v) is 2.75. The van der Waals surface area contributed by atoms with E-state index in [1.54, 1.807) is 12.1 Å². The van der Waals surface area contributed by atoms with E-state index in [0.717, 1.165) is 0 Å². The Labute approximate surface area is 121 Å². The molecule has 1 aromatic carbocycles. The molecule has 6 heteroatoms. The van der Waals surface area contributed by atoms with Crippen LogP contribution >= 0.6 is 0 Å². The predicted octanol–water partition coefficient (Wildman–Crippen LogP) is 3.05. The molecular formula is C15H16FN3O2. The van der Waals surface area contributed by atoms with Crippen LogP contribution in [0.4, 0.5) is 10.2 Å². The second-order valence-corrected chi connectivity index (χ2v) is 5.02. The Morgan fingerprint density at radius 1 is 1.33 bits per heavy atom. The van der Waals surface area contributed by atoms with Crippen LogP contribution in [-0.2, 0) is 0 Å². The third-order valence-electron chi connectivity index (χ3n) is 2.75. The molecule has 0 amide bonds. The number of hydrogen-bond donors (Lipinski definition) is 2. The highest BCUT2D eigenvalue weighted by molar-refractivity contribution is 5.87. The van der Waals surface area contributed by atoms with E-state index in [2.05, 4.69) is 15.3 Å². The lowest BCUT2D eigenvalue weighted by Gasteiger charge is -2.10.